The van der Waals surface area contributed by atoms with Gasteiger partial charge in [-0.3, -0.25) is 14.1 Å². The SMILES string of the molecule is Cc1ccc(CS(=O)(=O)Nc2c(F)cc(-c3cc4cnc(NC5CCC(N(C)C)CC5)nc4n(C(C)C)c3=O)c(F)c2F)c(C#N)c1. The first kappa shape index (κ1) is 33.9. The Kier molecular flexibility index (Phi) is 9.60. The molecule has 248 valence electrons. The summed E-state index contributed by atoms with van der Waals surface area (Å²) in [5, 5.41) is 13.1. The van der Waals surface area contributed by atoms with Crippen LogP contribution in [-0.4, -0.2) is 54.0 Å². The first-order chi connectivity index (χ1) is 22.2. The molecule has 47 heavy (non-hydrogen) atoms. The van der Waals surface area contributed by atoms with Gasteiger partial charge >= 0.3 is 0 Å². The Morgan fingerprint density at radius 1 is 1.06 bits per heavy atom. The summed E-state index contributed by atoms with van der Waals surface area (Å²) in [6, 6.07) is 8.43. The van der Waals surface area contributed by atoms with E-state index in [1.54, 1.807) is 31.6 Å². The first-order valence-corrected chi connectivity index (χ1v) is 16.9. The van der Waals surface area contributed by atoms with E-state index in [2.05, 4.69) is 34.3 Å². The number of hydrogen-bond donors (Lipinski definition) is 2. The van der Waals surface area contributed by atoms with E-state index >= 15 is 13.2 Å². The number of halogens is 3. The van der Waals surface area contributed by atoms with Gasteiger partial charge in [0.15, 0.2) is 17.5 Å². The zero-order chi connectivity index (χ0) is 34.2. The fourth-order valence-electron chi connectivity index (χ4n) is 5.98. The lowest BCUT2D eigenvalue weighted by Gasteiger charge is -2.33. The molecule has 1 saturated carbocycles. The van der Waals surface area contributed by atoms with E-state index in [0.717, 1.165) is 31.2 Å². The molecule has 0 spiro atoms. The van der Waals surface area contributed by atoms with E-state index in [-0.39, 0.29) is 28.4 Å². The Morgan fingerprint density at radius 3 is 2.40 bits per heavy atom. The van der Waals surface area contributed by atoms with Crippen LogP contribution in [0, 0.1) is 35.7 Å². The van der Waals surface area contributed by atoms with Crippen molar-refractivity contribution in [2.24, 2.45) is 0 Å². The molecule has 2 aromatic carbocycles. The van der Waals surface area contributed by atoms with Gasteiger partial charge in [0.25, 0.3) is 5.56 Å². The number of rotatable bonds is 9. The largest absolute Gasteiger partial charge is 0.351 e. The van der Waals surface area contributed by atoms with E-state index in [1.807, 2.05) is 6.07 Å². The minimum atomic E-state index is -4.49. The second-order valence-electron chi connectivity index (χ2n) is 12.5. The summed E-state index contributed by atoms with van der Waals surface area (Å²) in [5.41, 5.74) is -1.83. The highest BCUT2D eigenvalue weighted by Crippen LogP contribution is 2.33. The minimum absolute atomic E-state index is 0.0783. The summed E-state index contributed by atoms with van der Waals surface area (Å²) >= 11 is 0. The summed E-state index contributed by atoms with van der Waals surface area (Å²) < 4.78 is 75.1. The molecule has 0 atom stereocenters. The van der Waals surface area contributed by atoms with Gasteiger partial charge in [-0.2, -0.15) is 10.2 Å². The fraction of sp³-hybridized carbons (Fsp3) is 0.394. The maximum absolute atomic E-state index is 15.6. The number of nitriles is 1. The molecule has 1 aliphatic carbocycles. The monoisotopic (exact) mass is 667 g/mol. The predicted octanol–water partition coefficient (Wildman–Crippen LogP) is 5.86. The quantitative estimate of drug-likeness (QED) is 0.212. The lowest BCUT2D eigenvalue weighted by molar-refractivity contribution is 0.221. The van der Waals surface area contributed by atoms with Crippen molar-refractivity contribution in [3.8, 4) is 17.2 Å². The van der Waals surface area contributed by atoms with Crippen molar-refractivity contribution in [2.75, 3.05) is 24.1 Å². The van der Waals surface area contributed by atoms with Crippen molar-refractivity contribution in [2.45, 2.75) is 70.3 Å². The molecule has 2 aromatic heterocycles. The molecule has 1 fully saturated rings. The number of aryl methyl sites for hydroxylation is 1. The van der Waals surface area contributed by atoms with Crippen molar-refractivity contribution < 1.29 is 21.6 Å². The van der Waals surface area contributed by atoms with Crippen LogP contribution in [0.15, 0.2) is 41.3 Å². The highest BCUT2D eigenvalue weighted by molar-refractivity contribution is 7.91. The second kappa shape index (κ2) is 13.3. The topological polar surface area (TPSA) is 133 Å². The molecule has 0 aliphatic heterocycles. The van der Waals surface area contributed by atoms with Gasteiger partial charge in [-0.05, 0) is 89.9 Å². The Hall–Kier alpha value is -4.48. The molecule has 5 rings (SSSR count). The number of nitrogens with zero attached hydrogens (tertiary/aromatic N) is 5. The summed E-state index contributed by atoms with van der Waals surface area (Å²) in [7, 11) is -0.358. The molecular weight excluding hydrogens is 631 g/mol. The highest BCUT2D eigenvalue weighted by Gasteiger charge is 2.27. The zero-order valence-corrected chi connectivity index (χ0v) is 27.6. The minimum Gasteiger partial charge on any atom is -0.351 e. The number of hydrogen-bond acceptors (Lipinski definition) is 8. The lowest BCUT2D eigenvalue weighted by atomic mass is 9.91. The first-order valence-electron chi connectivity index (χ1n) is 15.2. The third kappa shape index (κ3) is 7.11. The van der Waals surface area contributed by atoms with E-state index in [0.29, 0.717) is 23.4 Å². The molecule has 0 amide bonds. The van der Waals surface area contributed by atoms with Crippen LogP contribution in [0.2, 0.25) is 0 Å². The van der Waals surface area contributed by atoms with Gasteiger partial charge in [0.05, 0.1) is 22.9 Å². The molecule has 2 N–H and O–H groups in total. The van der Waals surface area contributed by atoms with Crippen LogP contribution in [0.5, 0.6) is 0 Å². The van der Waals surface area contributed by atoms with Crippen molar-refractivity contribution in [1.82, 2.24) is 19.4 Å². The molecule has 2 heterocycles. The molecule has 0 unspecified atom stereocenters. The van der Waals surface area contributed by atoms with Crippen molar-refractivity contribution in [1.29, 1.82) is 5.26 Å². The van der Waals surface area contributed by atoms with Crippen LogP contribution in [-0.2, 0) is 15.8 Å². The van der Waals surface area contributed by atoms with Crippen LogP contribution in [0.4, 0.5) is 24.8 Å². The number of benzene rings is 2. The summed E-state index contributed by atoms with van der Waals surface area (Å²) in [6.07, 6.45) is 5.36. The van der Waals surface area contributed by atoms with Crippen LogP contribution in [0.3, 0.4) is 0 Å². The average Bonchev–Trinajstić information content (AvgIpc) is 3.01. The maximum Gasteiger partial charge on any atom is 0.260 e. The van der Waals surface area contributed by atoms with Crippen LogP contribution in [0.1, 0.15) is 62.3 Å². The van der Waals surface area contributed by atoms with Gasteiger partial charge in [-0.25, -0.2) is 26.6 Å². The molecule has 0 bridgehead atoms. The number of anilines is 2. The number of aromatic nitrogens is 3. The lowest BCUT2D eigenvalue weighted by Crippen LogP contribution is -2.36. The standard InChI is InChI=1S/C33H36F3N7O3S/c1-18(2)43-31-22(16-38-33(40-31)39-23-8-10-24(11-9-23)42(4)5)13-26(32(43)44)25-14-27(34)30(29(36)28(25)35)41-47(45,46)17-20-7-6-19(3)12-21(20)15-37/h6-7,12-14,16,18,23-24,41H,8-11,17H2,1-5H3,(H,38,39,40). The molecule has 10 nitrogen and oxygen atoms in total. The summed E-state index contributed by atoms with van der Waals surface area (Å²) in [6.45, 7) is 5.17. The molecule has 14 heteroatoms. The van der Waals surface area contributed by atoms with Crippen LogP contribution < -0.4 is 15.6 Å². The number of pyridine rings is 1. The highest BCUT2D eigenvalue weighted by atomic mass is 32.2. The normalized spacial score (nSPS) is 16.9. The Balaban J connectivity index is 1.48. The van der Waals surface area contributed by atoms with Gasteiger partial charge in [0.2, 0.25) is 16.0 Å². The smallest absolute Gasteiger partial charge is 0.260 e. The average molecular weight is 668 g/mol. The van der Waals surface area contributed by atoms with Gasteiger partial charge in [0, 0.05) is 35.3 Å². The van der Waals surface area contributed by atoms with Gasteiger partial charge in [-0.1, -0.05) is 12.1 Å². The second-order valence-corrected chi connectivity index (χ2v) is 14.2. The van der Waals surface area contributed by atoms with Crippen molar-refractivity contribution >= 4 is 32.7 Å². The van der Waals surface area contributed by atoms with E-state index < -0.39 is 56.1 Å². The maximum atomic E-state index is 15.6. The Labute approximate surface area is 271 Å². The van der Waals surface area contributed by atoms with E-state index in [4.69, 9.17) is 0 Å². The van der Waals surface area contributed by atoms with Crippen LogP contribution >= 0.6 is 0 Å². The summed E-state index contributed by atoms with van der Waals surface area (Å²) in [5.74, 6) is -5.31. The zero-order valence-electron chi connectivity index (χ0n) is 26.7. The van der Waals surface area contributed by atoms with Crippen LogP contribution in [0.25, 0.3) is 22.2 Å². The van der Waals surface area contributed by atoms with E-state index in [1.165, 1.54) is 29.0 Å². The van der Waals surface area contributed by atoms with Gasteiger partial charge in [0.1, 0.15) is 11.3 Å². The molecular formula is C33H36F3N7O3S. The third-order valence-electron chi connectivity index (χ3n) is 8.49. The number of nitrogens with one attached hydrogen (secondary N) is 2. The van der Waals surface area contributed by atoms with Crippen molar-refractivity contribution in [3.05, 3.63) is 81.0 Å². The number of sulfonamides is 1. The number of fused-ring (bicyclic) bond motifs is 1. The predicted molar refractivity (Wildman–Crippen MR) is 175 cm³/mol. The van der Waals surface area contributed by atoms with Crippen molar-refractivity contribution in [3.63, 3.8) is 0 Å². The van der Waals surface area contributed by atoms with Gasteiger partial charge < -0.3 is 10.2 Å². The molecule has 0 radical (unpaired) electrons. The summed E-state index contributed by atoms with van der Waals surface area (Å²) in [4.78, 5) is 24.9. The molecule has 1 aliphatic rings. The Bertz CT molecular complexity index is 2050. The Morgan fingerprint density at radius 2 is 1.77 bits per heavy atom. The molecule has 0 saturated heterocycles. The third-order valence-corrected chi connectivity index (χ3v) is 9.69. The van der Waals surface area contributed by atoms with Gasteiger partial charge in [-0.15, -0.1) is 0 Å². The van der Waals surface area contributed by atoms with E-state index in [9.17, 15) is 18.5 Å². The molecule has 4 aromatic rings. The fourth-order valence-corrected chi connectivity index (χ4v) is 7.21.